The van der Waals surface area contributed by atoms with Gasteiger partial charge in [-0.15, -0.1) is 0 Å². The number of hydrogen-bond donors (Lipinski definition) is 1. The van der Waals surface area contributed by atoms with Gasteiger partial charge in [0, 0.05) is 18.8 Å². The fourth-order valence-electron chi connectivity index (χ4n) is 2.27. The van der Waals surface area contributed by atoms with E-state index in [0.29, 0.717) is 30.3 Å². The minimum atomic E-state index is -1.23. The minimum Gasteiger partial charge on any atom is -0.550 e. The van der Waals surface area contributed by atoms with Crippen molar-refractivity contribution in [2.24, 2.45) is 0 Å². The summed E-state index contributed by atoms with van der Waals surface area (Å²) in [6.07, 6.45) is 5.26. The number of esters is 1. The van der Waals surface area contributed by atoms with Gasteiger partial charge in [0.25, 0.3) is 0 Å². The summed E-state index contributed by atoms with van der Waals surface area (Å²) in [5, 5.41) is 20.5. The molecule has 0 rings (SSSR count). The predicted octanol–water partition coefficient (Wildman–Crippen LogP) is 0.632. The summed E-state index contributed by atoms with van der Waals surface area (Å²) in [5.74, 6) is -1.65. The normalized spacial score (nSPS) is 14.7. The molecule has 0 aliphatic carbocycles. The molecule has 0 aromatic rings. The van der Waals surface area contributed by atoms with Crippen molar-refractivity contribution in [2.45, 2.75) is 57.7 Å². The molecule has 23 heavy (non-hydrogen) atoms. The molecule has 0 aliphatic rings. The van der Waals surface area contributed by atoms with E-state index in [-0.39, 0.29) is 12.8 Å². The smallest absolute Gasteiger partial charge is 0.306 e. The highest BCUT2D eigenvalue weighted by Gasteiger charge is 2.22. The number of nitrogens with zero attached hydrogens (tertiary/aromatic N) is 1. The van der Waals surface area contributed by atoms with Crippen molar-refractivity contribution in [1.82, 2.24) is 0 Å². The first-order chi connectivity index (χ1) is 10.6. The maximum Gasteiger partial charge on any atom is 0.306 e. The predicted molar refractivity (Wildman–Crippen MR) is 86.3 cm³/mol. The molecule has 0 fully saturated rings. The lowest BCUT2D eigenvalue weighted by Crippen LogP contribution is -2.45. The van der Waals surface area contributed by atoms with Crippen molar-refractivity contribution >= 4 is 11.9 Å². The lowest BCUT2D eigenvalue weighted by Gasteiger charge is -2.29. The van der Waals surface area contributed by atoms with Crippen LogP contribution < -0.4 is 5.11 Å². The molecule has 0 heterocycles. The largest absolute Gasteiger partial charge is 0.550 e. The standard InChI is InChI=1S/C17H31NO5/c1-5-6-7-9-14(19)10-8-11-17(22)23-15(12-16(20)21)13-18(2,3)4/h5-6,14-15,19H,7-13H2,1-4H3/b6-5+. The van der Waals surface area contributed by atoms with Crippen LogP contribution in [-0.4, -0.2) is 61.4 Å². The molecule has 2 atom stereocenters. The second-order valence-electron chi connectivity index (χ2n) is 6.85. The molecule has 2 unspecified atom stereocenters. The summed E-state index contributed by atoms with van der Waals surface area (Å²) in [5.41, 5.74) is 0. The SMILES string of the molecule is C/C=C/CCC(O)CCCC(=O)OC(CC(=O)[O-])C[N+](C)(C)C. The number of aliphatic carboxylic acids is 1. The van der Waals surface area contributed by atoms with Gasteiger partial charge in [-0.25, -0.2) is 0 Å². The molecule has 6 heteroatoms. The number of allylic oxidation sites excluding steroid dienone is 2. The maximum atomic E-state index is 11.8. The zero-order chi connectivity index (χ0) is 17.9. The van der Waals surface area contributed by atoms with Crippen LogP contribution in [0, 0.1) is 0 Å². The third-order valence-corrected chi connectivity index (χ3v) is 3.26. The van der Waals surface area contributed by atoms with E-state index in [1.807, 2.05) is 40.2 Å². The molecular formula is C17H31NO5. The number of quaternary nitrogens is 1. The number of carbonyl (C=O) groups excluding carboxylic acids is 2. The Bertz CT molecular complexity index is 387. The number of hydrogen-bond acceptors (Lipinski definition) is 5. The van der Waals surface area contributed by atoms with E-state index in [0.717, 1.165) is 6.42 Å². The van der Waals surface area contributed by atoms with Gasteiger partial charge in [0.05, 0.1) is 27.2 Å². The van der Waals surface area contributed by atoms with Crippen LogP contribution in [0.1, 0.15) is 45.4 Å². The van der Waals surface area contributed by atoms with E-state index in [1.54, 1.807) is 0 Å². The van der Waals surface area contributed by atoms with Gasteiger partial charge >= 0.3 is 5.97 Å². The van der Waals surface area contributed by atoms with Gasteiger partial charge in [-0.3, -0.25) is 4.79 Å². The molecular weight excluding hydrogens is 298 g/mol. The summed E-state index contributed by atoms with van der Waals surface area (Å²) in [7, 11) is 5.70. The number of carboxylic acids is 1. The highest BCUT2D eigenvalue weighted by atomic mass is 16.5. The van der Waals surface area contributed by atoms with E-state index in [9.17, 15) is 19.8 Å². The van der Waals surface area contributed by atoms with Gasteiger partial charge in [-0.05, 0) is 32.6 Å². The first-order valence-corrected chi connectivity index (χ1v) is 8.13. The lowest BCUT2D eigenvalue weighted by atomic mass is 10.1. The third-order valence-electron chi connectivity index (χ3n) is 3.26. The fraction of sp³-hybridized carbons (Fsp3) is 0.765. The van der Waals surface area contributed by atoms with E-state index in [4.69, 9.17) is 4.74 Å². The monoisotopic (exact) mass is 329 g/mol. The first-order valence-electron chi connectivity index (χ1n) is 8.13. The number of ether oxygens (including phenoxy) is 1. The lowest BCUT2D eigenvalue weighted by molar-refractivity contribution is -0.873. The average molecular weight is 329 g/mol. The number of likely N-dealkylation sites (N-methyl/N-ethyl adjacent to an activating group) is 1. The van der Waals surface area contributed by atoms with Gasteiger partial charge in [0.2, 0.25) is 0 Å². The molecule has 1 N–H and O–H groups in total. The van der Waals surface area contributed by atoms with E-state index in [1.165, 1.54) is 0 Å². The maximum absolute atomic E-state index is 11.8. The number of carbonyl (C=O) groups is 2. The second kappa shape index (κ2) is 11.2. The molecule has 0 saturated carbocycles. The molecule has 0 bridgehead atoms. The molecule has 0 aliphatic heterocycles. The quantitative estimate of drug-likeness (QED) is 0.322. The molecule has 134 valence electrons. The Balaban J connectivity index is 4.14. The van der Waals surface area contributed by atoms with Crippen molar-refractivity contribution in [2.75, 3.05) is 27.7 Å². The van der Waals surface area contributed by atoms with Gasteiger partial charge in [-0.2, -0.15) is 0 Å². The molecule has 0 aromatic carbocycles. The molecule has 0 spiro atoms. The summed E-state index contributed by atoms with van der Waals surface area (Å²) >= 11 is 0. The third kappa shape index (κ3) is 14.0. The van der Waals surface area contributed by atoms with Crippen LogP contribution in [0.3, 0.4) is 0 Å². The molecule has 0 amide bonds. The van der Waals surface area contributed by atoms with Crippen LogP contribution in [0.25, 0.3) is 0 Å². The number of rotatable bonds is 12. The Morgan fingerprint density at radius 1 is 1.26 bits per heavy atom. The number of aliphatic hydroxyl groups is 1. The van der Waals surface area contributed by atoms with Crippen LogP contribution in [0.2, 0.25) is 0 Å². The highest BCUT2D eigenvalue weighted by Crippen LogP contribution is 2.10. The van der Waals surface area contributed by atoms with Crippen molar-refractivity contribution < 1.29 is 29.0 Å². The van der Waals surface area contributed by atoms with Crippen LogP contribution in [0.5, 0.6) is 0 Å². The summed E-state index contributed by atoms with van der Waals surface area (Å²) in [4.78, 5) is 22.6. The van der Waals surface area contributed by atoms with Gasteiger partial charge in [0.15, 0.2) is 6.10 Å². The van der Waals surface area contributed by atoms with E-state index >= 15 is 0 Å². The molecule has 6 nitrogen and oxygen atoms in total. The second-order valence-corrected chi connectivity index (χ2v) is 6.85. The Hall–Kier alpha value is -1.40. The van der Waals surface area contributed by atoms with Crippen LogP contribution in [0.4, 0.5) is 0 Å². The van der Waals surface area contributed by atoms with E-state index < -0.39 is 24.1 Å². The number of carboxylic acid groups (broad SMARTS) is 1. The topological polar surface area (TPSA) is 86.7 Å². The van der Waals surface area contributed by atoms with Crippen LogP contribution in [0.15, 0.2) is 12.2 Å². The van der Waals surface area contributed by atoms with Gasteiger partial charge in [0.1, 0.15) is 6.54 Å². The zero-order valence-electron chi connectivity index (χ0n) is 14.8. The minimum absolute atomic E-state index is 0.182. The average Bonchev–Trinajstić information content (AvgIpc) is 2.35. The Morgan fingerprint density at radius 3 is 2.43 bits per heavy atom. The molecule has 0 aromatic heterocycles. The summed E-state index contributed by atoms with van der Waals surface area (Å²) in [6.45, 7) is 2.34. The zero-order valence-corrected chi connectivity index (χ0v) is 14.8. The van der Waals surface area contributed by atoms with Gasteiger partial charge < -0.3 is 24.2 Å². The van der Waals surface area contributed by atoms with Crippen molar-refractivity contribution in [3.63, 3.8) is 0 Å². The highest BCUT2D eigenvalue weighted by molar-refractivity contribution is 5.70. The van der Waals surface area contributed by atoms with Gasteiger partial charge in [-0.1, -0.05) is 12.2 Å². The first kappa shape index (κ1) is 21.6. The molecule has 0 radical (unpaired) electrons. The summed E-state index contributed by atoms with van der Waals surface area (Å²) < 4.78 is 5.74. The Kier molecular flexibility index (Phi) is 10.5. The van der Waals surface area contributed by atoms with Crippen molar-refractivity contribution in [3.05, 3.63) is 12.2 Å². The number of aliphatic hydroxyl groups excluding tert-OH is 1. The summed E-state index contributed by atoms with van der Waals surface area (Å²) in [6, 6.07) is 0. The van der Waals surface area contributed by atoms with Crippen LogP contribution in [-0.2, 0) is 14.3 Å². The van der Waals surface area contributed by atoms with E-state index in [2.05, 4.69) is 0 Å². The Labute approximate surface area is 139 Å². The Morgan fingerprint density at radius 2 is 1.91 bits per heavy atom. The van der Waals surface area contributed by atoms with Crippen LogP contribution >= 0.6 is 0 Å². The van der Waals surface area contributed by atoms with Crippen molar-refractivity contribution in [1.29, 1.82) is 0 Å². The fourth-order valence-corrected chi connectivity index (χ4v) is 2.27. The molecule has 0 saturated heterocycles. The van der Waals surface area contributed by atoms with Crippen molar-refractivity contribution in [3.8, 4) is 0 Å².